The van der Waals surface area contributed by atoms with E-state index in [9.17, 15) is 13.2 Å². The van der Waals surface area contributed by atoms with Crippen molar-refractivity contribution in [1.29, 1.82) is 0 Å². The first-order chi connectivity index (χ1) is 18.5. The second-order valence-corrected chi connectivity index (χ2v) is 11.2. The Morgan fingerprint density at radius 1 is 0.921 bits per heavy atom. The number of benzene rings is 4. The van der Waals surface area contributed by atoms with Crippen molar-refractivity contribution in [1.82, 2.24) is 5.32 Å². The highest BCUT2D eigenvalue weighted by Gasteiger charge is 2.29. The summed E-state index contributed by atoms with van der Waals surface area (Å²) in [5, 5.41) is 3.12. The minimum atomic E-state index is -4.05. The van der Waals surface area contributed by atoms with E-state index in [1.807, 2.05) is 42.5 Å². The molecular formula is C31H30N2O4S. The second kappa shape index (κ2) is 11.1. The minimum absolute atomic E-state index is 0.0380. The van der Waals surface area contributed by atoms with E-state index in [0.717, 1.165) is 30.4 Å². The molecule has 0 radical (unpaired) electrons. The normalized spacial score (nSPS) is 14.8. The van der Waals surface area contributed by atoms with Crippen LogP contribution in [0.3, 0.4) is 0 Å². The van der Waals surface area contributed by atoms with Gasteiger partial charge in [0.25, 0.3) is 15.9 Å². The maximum Gasteiger partial charge on any atom is 0.264 e. The Morgan fingerprint density at radius 2 is 1.66 bits per heavy atom. The fraction of sp³-hybridized carbons (Fsp3) is 0.194. The monoisotopic (exact) mass is 526 g/mol. The standard InChI is InChI=1S/C31H30N2O4S/c1-37-30-20-8-7-19-29(30)33(22-23-11-3-2-4-12-23)38(35,36)26-16-9-15-25(21-26)31(34)32-28-18-10-14-24-13-5-6-17-27(24)28/h2-9,11-13,15-17,19-21,28H,10,14,18,22H2,1H3,(H,32,34). The lowest BCUT2D eigenvalue weighted by molar-refractivity contribution is 0.0932. The molecule has 7 heteroatoms. The van der Waals surface area contributed by atoms with E-state index in [-0.39, 0.29) is 23.4 Å². The SMILES string of the molecule is COc1ccccc1N(Cc1ccccc1)S(=O)(=O)c1cccc(C(=O)NC2CCCc3ccccc32)c1. The van der Waals surface area contributed by atoms with Crippen LogP contribution in [-0.2, 0) is 23.0 Å². The van der Waals surface area contributed by atoms with E-state index in [1.54, 1.807) is 36.4 Å². The number of rotatable bonds is 8. The van der Waals surface area contributed by atoms with Gasteiger partial charge in [0.05, 0.1) is 30.3 Å². The van der Waals surface area contributed by atoms with E-state index in [2.05, 4.69) is 17.4 Å². The number of nitrogens with zero attached hydrogens (tertiary/aromatic N) is 1. The van der Waals surface area contributed by atoms with Gasteiger partial charge in [0.1, 0.15) is 5.75 Å². The average molecular weight is 527 g/mol. The number of ether oxygens (including phenoxy) is 1. The molecule has 0 spiro atoms. The van der Waals surface area contributed by atoms with Gasteiger partial charge < -0.3 is 10.1 Å². The molecule has 1 atom stereocenters. The Bertz CT molecular complexity index is 1540. The molecule has 194 valence electrons. The van der Waals surface area contributed by atoms with Crippen LogP contribution in [0.4, 0.5) is 5.69 Å². The van der Waals surface area contributed by atoms with E-state index in [0.29, 0.717) is 17.0 Å². The molecule has 38 heavy (non-hydrogen) atoms. The summed E-state index contributed by atoms with van der Waals surface area (Å²) in [4.78, 5) is 13.3. The molecule has 0 aromatic heterocycles. The summed E-state index contributed by atoms with van der Waals surface area (Å²) in [6, 6.07) is 30.7. The van der Waals surface area contributed by atoms with Gasteiger partial charge in [-0.1, -0.05) is 72.8 Å². The van der Waals surface area contributed by atoms with Crippen molar-refractivity contribution in [3.05, 3.63) is 125 Å². The molecule has 0 fully saturated rings. The fourth-order valence-corrected chi connectivity index (χ4v) is 6.46. The van der Waals surface area contributed by atoms with Crippen molar-refractivity contribution >= 4 is 21.6 Å². The summed E-state index contributed by atoms with van der Waals surface area (Å²) < 4.78 is 35.0. The van der Waals surface area contributed by atoms with Gasteiger partial charge >= 0.3 is 0 Å². The number of carbonyl (C=O) groups is 1. The molecule has 0 saturated heterocycles. The van der Waals surface area contributed by atoms with E-state index in [1.165, 1.54) is 29.1 Å². The topological polar surface area (TPSA) is 75.7 Å². The summed E-state index contributed by atoms with van der Waals surface area (Å²) in [6.45, 7) is 0.110. The molecule has 5 rings (SSSR count). The molecule has 1 N–H and O–H groups in total. The predicted molar refractivity (Wildman–Crippen MR) is 149 cm³/mol. The molecule has 1 aliphatic carbocycles. The van der Waals surface area contributed by atoms with Crippen molar-refractivity contribution in [2.24, 2.45) is 0 Å². The minimum Gasteiger partial charge on any atom is -0.495 e. The van der Waals surface area contributed by atoms with Gasteiger partial charge in [-0.15, -0.1) is 0 Å². The average Bonchev–Trinajstić information content (AvgIpc) is 2.96. The van der Waals surface area contributed by atoms with E-state index in [4.69, 9.17) is 4.74 Å². The number of nitrogens with one attached hydrogen (secondary N) is 1. The van der Waals surface area contributed by atoms with Gasteiger partial charge in [-0.3, -0.25) is 9.10 Å². The third-order valence-corrected chi connectivity index (χ3v) is 8.64. The summed E-state index contributed by atoms with van der Waals surface area (Å²) in [6.07, 6.45) is 2.83. The molecule has 6 nitrogen and oxygen atoms in total. The lowest BCUT2D eigenvalue weighted by Gasteiger charge is -2.27. The number of sulfonamides is 1. The number of para-hydroxylation sites is 2. The lowest BCUT2D eigenvalue weighted by Crippen LogP contribution is -2.32. The predicted octanol–water partition coefficient (Wildman–Crippen LogP) is 5.90. The van der Waals surface area contributed by atoms with Gasteiger partial charge in [0.15, 0.2) is 0 Å². The summed E-state index contributed by atoms with van der Waals surface area (Å²) in [7, 11) is -2.53. The Labute approximate surface area is 223 Å². The van der Waals surface area contributed by atoms with Crippen LogP contribution in [0.5, 0.6) is 5.75 Å². The van der Waals surface area contributed by atoms with Crippen molar-refractivity contribution in [3.8, 4) is 5.75 Å². The smallest absolute Gasteiger partial charge is 0.264 e. The first kappa shape index (κ1) is 25.5. The van der Waals surface area contributed by atoms with Crippen molar-refractivity contribution in [2.75, 3.05) is 11.4 Å². The number of anilines is 1. The number of carbonyl (C=O) groups excluding carboxylic acids is 1. The Balaban J connectivity index is 1.47. The first-order valence-electron chi connectivity index (χ1n) is 12.7. The number of hydrogen-bond acceptors (Lipinski definition) is 4. The van der Waals surface area contributed by atoms with Crippen molar-refractivity contribution in [3.63, 3.8) is 0 Å². The summed E-state index contributed by atoms with van der Waals surface area (Å²) in [5.74, 6) is 0.146. The number of amides is 1. The molecule has 1 amide bonds. The van der Waals surface area contributed by atoms with Crippen LogP contribution in [0.25, 0.3) is 0 Å². The Hall–Kier alpha value is -4.10. The van der Waals surface area contributed by atoms with Crippen LogP contribution >= 0.6 is 0 Å². The van der Waals surface area contributed by atoms with Gasteiger partial charge in [0, 0.05) is 5.56 Å². The number of methoxy groups -OCH3 is 1. The van der Waals surface area contributed by atoms with Crippen LogP contribution in [-0.4, -0.2) is 21.4 Å². The molecule has 0 heterocycles. The largest absolute Gasteiger partial charge is 0.495 e. The summed E-state index contributed by atoms with van der Waals surface area (Å²) in [5.41, 5.74) is 3.92. The maximum atomic E-state index is 14.1. The molecule has 1 aliphatic rings. The van der Waals surface area contributed by atoms with Crippen molar-refractivity contribution < 1.29 is 17.9 Å². The van der Waals surface area contributed by atoms with E-state index < -0.39 is 10.0 Å². The maximum absolute atomic E-state index is 14.1. The highest BCUT2D eigenvalue weighted by Crippen LogP contribution is 2.34. The van der Waals surface area contributed by atoms with E-state index >= 15 is 0 Å². The molecular weight excluding hydrogens is 496 g/mol. The Morgan fingerprint density at radius 3 is 2.47 bits per heavy atom. The highest BCUT2D eigenvalue weighted by molar-refractivity contribution is 7.92. The van der Waals surface area contributed by atoms with Crippen LogP contribution < -0.4 is 14.4 Å². The quantitative estimate of drug-likeness (QED) is 0.310. The van der Waals surface area contributed by atoms with Gasteiger partial charge in [-0.2, -0.15) is 0 Å². The zero-order valence-corrected chi connectivity index (χ0v) is 22.0. The highest BCUT2D eigenvalue weighted by atomic mass is 32.2. The Kier molecular flexibility index (Phi) is 7.47. The van der Waals surface area contributed by atoms with Crippen LogP contribution in [0, 0.1) is 0 Å². The van der Waals surface area contributed by atoms with Crippen LogP contribution in [0.2, 0.25) is 0 Å². The zero-order valence-electron chi connectivity index (χ0n) is 21.2. The summed E-state index contributed by atoms with van der Waals surface area (Å²) >= 11 is 0. The third-order valence-electron chi connectivity index (χ3n) is 6.88. The van der Waals surface area contributed by atoms with Crippen LogP contribution in [0.15, 0.2) is 108 Å². The molecule has 4 aromatic rings. The zero-order chi connectivity index (χ0) is 26.5. The number of hydrogen-bond donors (Lipinski definition) is 1. The van der Waals surface area contributed by atoms with Gasteiger partial charge in [0.2, 0.25) is 0 Å². The lowest BCUT2D eigenvalue weighted by atomic mass is 9.87. The van der Waals surface area contributed by atoms with Crippen LogP contribution in [0.1, 0.15) is 45.9 Å². The fourth-order valence-electron chi connectivity index (χ4n) is 4.96. The molecule has 1 unspecified atom stereocenters. The van der Waals surface area contributed by atoms with Gasteiger partial charge in [-0.25, -0.2) is 8.42 Å². The number of fused-ring (bicyclic) bond motifs is 1. The number of aryl methyl sites for hydroxylation is 1. The molecule has 0 bridgehead atoms. The second-order valence-electron chi connectivity index (χ2n) is 9.31. The van der Waals surface area contributed by atoms with Gasteiger partial charge in [-0.05, 0) is 66.3 Å². The third kappa shape index (κ3) is 5.29. The first-order valence-corrected chi connectivity index (χ1v) is 14.1. The molecule has 0 aliphatic heterocycles. The van der Waals surface area contributed by atoms with Crippen molar-refractivity contribution in [2.45, 2.75) is 36.7 Å². The molecule has 0 saturated carbocycles. The molecule has 4 aromatic carbocycles.